The monoisotopic (exact) mass is 302 g/mol. The van der Waals surface area contributed by atoms with Crippen molar-refractivity contribution >= 4 is 7.92 Å². The lowest BCUT2D eigenvalue weighted by atomic mass is 9.99. The minimum atomic E-state index is 0.211. The summed E-state index contributed by atoms with van der Waals surface area (Å²) in [4.78, 5) is 0. The van der Waals surface area contributed by atoms with Crippen LogP contribution in [-0.4, -0.2) is 11.3 Å². The van der Waals surface area contributed by atoms with Crippen LogP contribution in [0.25, 0.3) is 0 Å². The van der Waals surface area contributed by atoms with Crippen molar-refractivity contribution in [2.45, 2.75) is 88.6 Å². The Kier molecular flexibility index (Phi) is 5.75. The number of benzene rings is 1. The Bertz CT molecular complexity index is 409. The van der Waals surface area contributed by atoms with Crippen molar-refractivity contribution in [3.05, 3.63) is 35.4 Å². The standard InChI is InChI=1S/C20H31P/c1-17-10-8-9-11-18(17)16-21(19-12-4-2-5-13-19)20-14-6-3-7-15-20/h8-11,19-20H,2-7,12-16H2,1H3. The normalized spacial score (nSPS) is 21.8. The Labute approximate surface area is 132 Å². The molecule has 0 bridgehead atoms. The average Bonchev–Trinajstić information content (AvgIpc) is 2.56. The summed E-state index contributed by atoms with van der Waals surface area (Å²) in [6.45, 7) is 2.31. The number of rotatable bonds is 4. The lowest BCUT2D eigenvalue weighted by Gasteiger charge is -2.39. The summed E-state index contributed by atoms with van der Waals surface area (Å²) in [6.07, 6.45) is 16.6. The zero-order valence-electron chi connectivity index (χ0n) is 13.7. The van der Waals surface area contributed by atoms with Gasteiger partial charge in [0.15, 0.2) is 0 Å². The first-order chi connectivity index (χ1) is 10.3. The second-order valence-electron chi connectivity index (χ2n) is 7.18. The molecule has 0 N–H and O–H groups in total. The Balaban J connectivity index is 1.75. The quantitative estimate of drug-likeness (QED) is 0.547. The highest BCUT2D eigenvalue weighted by Gasteiger charge is 2.31. The highest BCUT2D eigenvalue weighted by molar-refractivity contribution is 7.58. The minimum absolute atomic E-state index is 0.211. The smallest absolute Gasteiger partial charge is 0.00655 e. The maximum atomic E-state index is 2.40. The Morgan fingerprint density at radius 2 is 1.33 bits per heavy atom. The van der Waals surface area contributed by atoms with Crippen molar-refractivity contribution in [1.29, 1.82) is 0 Å². The first-order valence-electron chi connectivity index (χ1n) is 9.15. The molecule has 0 radical (unpaired) electrons. The van der Waals surface area contributed by atoms with E-state index in [0.29, 0.717) is 0 Å². The van der Waals surface area contributed by atoms with Crippen LogP contribution in [0.1, 0.15) is 75.3 Å². The van der Waals surface area contributed by atoms with Crippen LogP contribution in [0.3, 0.4) is 0 Å². The molecule has 3 rings (SSSR count). The highest BCUT2D eigenvalue weighted by atomic mass is 31.1. The van der Waals surface area contributed by atoms with Gasteiger partial charge in [-0.15, -0.1) is 0 Å². The fourth-order valence-corrected chi connectivity index (χ4v) is 8.28. The Morgan fingerprint density at radius 3 is 1.86 bits per heavy atom. The third-order valence-electron chi connectivity index (χ3n) is 5.70. The zero-order chi connectivity index (χ0) is 14.5. The van der Waals surface area contributed by atoms with Crippen molar-refractivity contribution in [2.24, 2.45) is 0 Å². The van der Waals surface area contributed by atoms with Crippen molar-refractivity contribution in [2.75, 3.05) is 0 Å². The topological polar surface area (TPSA) is 0 Å². The van der Waals surface area contributed by atoms with Gasteiger partial charge < -0.3 is 0 Å². The van der Waals surface area contributed by atoms with Crippen LogP contribution in [0.2, 0.25) is 0 Å². The van der Waals surface area contributed by atoms with Gasteiger partial charge in [-0.05, 0) is 61.2 Å². The summed E-state index contributed by atoms with van der Waals surface area (Å²) in [5, 5.41) is 0. The van der Waals surface area contributed by atoms with Gasteiger partial charge in [0.05, 0.1) is 0 Å². The fourth-order valence-electron chi connectivity index (χ4n) is 4.37. The van der Waals surface area contributed by atoms with Crippen molar-refractivity contribution in [3.63, 3.8) is 0 Å². The molecular formula is C20H31P. The maximum absolute atomic E-state index is 2.40. The molecule has 1 aromatic rings. The van der Waals surface area contributed by atoms with E-state index in [1.165, 1.54) is 75.9 Å². The van der Waals surface area contributed by atoms with E-state index < -0.39 is 0 Å². The van der Waals surface area contributed by atoms with Gasteiger partial charge in [-0.2, -0.15) is 0 Å². The van der Waals surface area contributed by atoms with Gasteiger partial charge in [0.2, 0.25) is 0 Å². The van der Waals surface area contributed by atoms with Crippen LogP contribution in [0.15, 0.2) is 24.3 Å². The van der Waals surface area contributed by atoms with Crippen molar-refractivity contribution in [3.8, 4) is 0 Å². The molecule has 0 aliphatic heterocycles. The summed E-state index contributed by atoms with van der Waals surface area (Å²) >= 11 is 0. The molecule has 2 saturated carbocycles. The molecule has 2 fully saturated rings. The molecule has 1 aromatic carbocycles. The molecule has 0 atom stereocenters. The molecule has 0 saturated heterocycles. The highest BCUT2D eigenvalue weighted by Crippen LogP contribution is 2.57. The fraction of sp³-hybridized carbons (Fsp3) is 0.700. The first-order valence-corrected chi connectivity index (χ1v) is 10.8. The largest absolute Gasteiger partial charge is 0.0958 e. The summed E-state index contributed by atoms with van der Waals surface area (Å²) in [7, 11) is 0.211. The summed E-state index contributed by atoms with van der Waals surface area (Å²) in [5.41, 5.74) is 5.34. The van der Waals surface area contributed by atoms with Crippen LogP contribution in [-0.2, 0) is 6.16 Å². The third-order valence-corrected chi connectivity index (χ3v) is 9.32. The van der Waals surface area contributed by atoms with Crippen LogP contribution in [0.5, 0.6) is 0 Å². The van der Waals surface area contributed by atoms with Crippen LogP contribution in [0, 0.1) is 6.92 Å². The van der Waals surface area contributed by atoms with E-state index >= 15 is 0 Å². The van der Waals surface area contributed by atoms with E-state index in [0.717, 1.165) is 11.3 Å². The predicted octanol–water partition coefficient (Wildman–Crippen LogP) is 6.64. The molecule has 0 heterocycles. The molecule has 0 unspecified atom stereocenters. The van der Waals surface area contributed by atoms with Gasteiger partial charge in [-0.1, -0.05) is 70.7 Å². The molecule has 0 spiro atoms. The molecular weight excluding hydrogens is 271 g/mol. The van der Waals surface area contributed by atoms with E-state index in [1.54, 1.807) is 5.56 Å². The molecule has 2 aliphatic rings. The van der Waals surface area contributed by atoms with Crippen molar-refractivity contribution in [1.82, 2.24) is 0 Å². The second-order valence-corrected chi connectivity index (χ2v) is 9.99. The minimum Gasteiger partial charge on any atom is -0.0958 e. The summed E-state index contributed by atoms with van der Waals surface area (Å²) in [5.74, 6) is 0. The van der Waals surface area contributed by atoms with E-state index in [4.69, 9.17) is 0 Å². The lowest BCUT2D eigenvalue weighted by molar-refractivity contribution is 0.484. The summed E-state index contributed by atoms with van der Waals surface area (Å²) < 4.78 is 0. The van der Waals surface area contributed by atoms with Gasteiger partial charge in [-0.3, -0.25) is 0 Å². The number of aryl methyl sites for hydroxylation is 1. The van der Waals surface area contributed by atoms with Crippen LogP contribution >= 0.6 is 7.92 Å². The van der Waals surface area contributed by atoms with E-state index in [1.807, 2.05) is 0 Å². The Hall–Kier alpha value is -0.350. The van der Waals surface area contributed by atoms with E-state index in [-0.39, 0.29) is 7.92 Å². The molecule has 0 nitrogen and oxygen atoms in total. The SMILES string of the molecule is Cc1ccccc1CP(C1CCCCC1)C1CCCCC1. The third kappa shape index (κ3) is 4.10. The van der Waals surface area contributed by atoms with Gasteiger partial charge in [-0.25, -0.2) is 0 Å². The number of hydrogen-bond donors (Lipinski definition) is 0. The first kappa shape index (κ1) is 15.5. The molecule has 1 heteroatoms. The molecule has 21 heavy (non-hydrogen) atoms. The van der Waals surface area contributed by atoms with Gasteiger partial charge in [0.1, 0.15) is 0 Å². The second kappa shape index (κ2) is 7.77. The lowest BCUT2D eigenvalue weighted by Crippen LogP contribution is -2.21. The molecule has 0 aromatic heterocycles. The summed E-state index contributed by atoms with van der Waals surface area (Å²) in [6, 6.07) is 9.15. The van der Waals surface area contributed by atoms with Crippen LogP contribution < -0.4 is 0 Å². The van der Waals surface area contributed by atoms with Gasteiger partial charge in [0.25, 0.3) is 0 Å². The molecule has 2 aliphatic carbocycles. The predicted molar refractivity (Wildman–Crippen MR) is 95.5 cm³/mol. The average molecular weight is 302 g/mol. The van der Waals surface area contributed by atoms with E-state index in [9.17, 15) is 0 Å². The van der Waals surface area contributed by atoms with Crippen LogP contribution in [0.4, 0.5) is 0 Å². The Morgan fingerprint density at radius 1 is 0.810 bits per heavy atom. The molecule has 116 valence electrons. The van der Waals surface area contributed by atoms with Gasteiger partial charge in [0, 0.05) is 0 Å². The molecule has 0 amide bonds. The maximum Gasteiger partial charge on any atom is -0.00655 e. The van der Waals surface area contributed by atoms with Crippen molar-refractivity contribution < 1.29 is 0 Å². The van der Waals surface area contributed by atoms with E-state index in [2.05, 4.69) is 31.2 Å². The zero-order valence-corrected chi connectivity index (χ0v) is 14.6. The number of hydrogen-bond acceptors (Lipinski definition) is 0. The van der Waals surface area contributed by atoms with Gasteiger partial charge >= 0.3 is 0 Å².